The molecule has 34 heavy (non-hydrogen) atoms. The summed E-state index contributed by atoms with van der Waals surface area (Å²) in [5.41, 5.74) is 5.73. The molecular weight excluding hydrogens is 428 g/mol. The van der Waals surface area contributed by atoms with Crippen molar-refractivity contribution >= 4 is 18.0 Å². The molecule has 0 atom stereocenters. The summed E-state index contributed by atoms with van der Waals surface area (Å²) in [7, 11) is 0. The highest BCUT2D eigenvalue weighted by Gasteiger charge is 2.23. The maximum atomic E-state index is 12.8. The highest BCUT2D eigenvalue weighted by Crippen LogP contribution is 2.23. The molecule has 180 valence electrons. The maximum absolute atomic E-state index is 12.8. The molecule has 1 fully saturated rings. The van der Waals surface area contributed by atoms with Gasteiger partial charge in [-0.2, -0.15) is 5.10 Å². The number of allylic oxidation sites excluding steroid dienone is 1. The summed E-state index contributed by atoms with van der Waals surface area (Å²) in [5.74, 6) is -0.0857. The van der Waals surface area contributed by atoms with Gasteiger partial charge in [0.15, 0.2) is 0 Å². The summed E-state index contributed by atoms with van der Waals surface area (Å²) in [6.45, 7) is 12.7. The van der Waals surface area contributed by atoms with Gasteiger partial charge in [0, 0.05) is 37.3 Å². The number of para-hydroxylation sites is 1. The van der Waals surface area contributed by atoms with E-state index in [1.165, 1.54) is 11.8 Å². The summed E-state index contributed by atoms with van der Waals surface area (Å²) in [6, 6.07) is 13.2. The van der Waals surface area contributed by atoms with E-state index in [1.54, 1.807) is 12.1 Å². The van der Waals surface area contributed by atoms with Gasteiger partial charge in [-0.1, -0.05) is 51.1 Å². The first kappa shape index (κ1) is 25.2. The van der Waals surface area contributed by atoms with Crippen LogP contribution in [0.5, 0.6) is 5.75 Å². The number of carbonyl (C=O) groups excluding carboxylic acids is 2. The van der Waals surface area contributed by atoms with Crippen LogP contribution in [0.1, 0.15) is 47.8 Å². The minimum Gasteiger partial charge on any atom is -0.507 e. The van der Waals surface area contributed by atoms with E-state index in [1.807, 2.05) is 46.2 Å². The Morgan fingerprint density at radius 2 is 1.76 bits per heavy atom. The van der Waals surface area contributed by atoms with Crippen LogP contribution in [0.4, 0.5) is 0 Å². The summed E-state index contributed by atoms with van der Waals surface area (Å²) in [4.78, 5) is 29.0. The number of hydrazone groups is 1. The Morgan fingerprint density at radius 3 is 2.38 bits per heavy atom. The number of nitrogens with zero attached hydrogens (tertiary/aromatic N) is 3. The van der Waals surface area contributed by atoms with Gasteiger partial charge in [0.2, 0.25) is 0 Å². The van der Waals surface area contributed by atoms with E-state index in [0.717, 1.165) is 5.56 Å². The zero-order valence-corrected chi connectivity index (χ0v) is 20.3. The number of hydrogen-bond acceptors (Lipinski definition) is 5. The molecule has 0 aliphatic carbocycles. The molecule has 0 bridgehead atoms. The molecule has 2 amide bonds. The van der Waals surface area contributed by atoms with Crippen LogP contribution in [0.2, 0.25) is 0 Å². The SMILES string of the molecule is C=CCc1cccc(/C=N/NC(=O)CN2CCN(C(=O)c3ccc(C(C)(C)C)cc3)CC2)c1O. The highest BCUT2D eigenvalue weighted by atomic mass is 16.3. The van der Waals surface area contributed by atoms with Crippen molar-refractivity contribution in [1.82, 2.24) is 15.2 Å². The molecule has 1 aliphatic heterocycles. The first-order valence-corrected chi connectivity index (χ1v) is 11.5. The van der Waals surface area contributed by atoms with Crippen LogP contribution in [-0.4, -0.2) is 65.7 Å². The van der Waals surface area contributed by atoms with Crippen molar-refractivity contribution in [3.05, 3.63) is 77.4 Å². The monoisotopic (exact) mass is 462 g/mol. The number of phenolic OH excluding ortho intramolecular Hbond substituents is 1. The number of aromatic hydroxyl groups is 1. The number of phenols is 1. The number of benzene rings is 2. The number of hydrogen-bond donors (Lipinski definition) is 2. The van der Waals surface area contributed by atoms with Crippen molar-refractivity contribution in [1.29, 1.82) is 0 Å². The molecule has 1 aliphatic rings. The molecule has 2 N–H and O–H groups in total. The molecule has 7 nitrogen and oxygen atoms in total. The average molecular weight is 463 g/mol. The van der Waals surface area contributed by atoms with Crippen LogP contribution < -0.4 is 5.43 Å². The molecule has 1 heterocycles. The van der Waals surface area contributed by atoms with Gasteiger partial charge in [-0.15, -0.1) is 6.58 Å². The van der Waals surface area contributed by atoms with Crippen LogP contribution >= 0.6 is 0 Å². The van der Waals surface area contributed by atoms with Crippen LogP contribution in [0.15, 0.2) is 60.2 Å². The topological polar surface area (TPSA) is 85.2 Å². The number of carbonyl (C=O) groups is 2. The summed E-state index contributed by atoms with van der Waals surface area (Å²) >= 11 is 0. The van der Waals surface area contributed by atoms with Crippen molar-refractivity contribution in [2.45, 2.75) is 32.6 Å². The minimum atomic E-state index is -0.240. The lowest BCUT2D eigenvalue weighted by molar-refractivity contribution is -0.122. The van der Waals surface area contributed by atoms with Crippen LogP contribution in [0.3, 0.4) is 0 Å². The van der Waals surface area contributed by atoms with Crippen molar-refractivity contribution in [2.75, 3.05) is 32.7 Å². The standard InChI is InChI=1S/C27H34N4O3/c1-5-7-20-8-6-9-22(25(20)33)18-28-29-24(32)19-30-14-16-31(17-15-30)26(34)21-10-12-23(13-11-21)27(2,3)4/h5-6,8-13,18,33H,1,7,14-17,19H2,2-4H3,(H,29,32)/b28-18+. The lowest BCUT2D eigenvalue weighted by Crippen LogP contribution is -2.50. The minimum absolute atomic E-state index is 0.0210. The van der Waals surface area contributed by atoms with Crippen LogP contribution in [0, 0.1) is 0 Å². The first-order valence-electron chi connectivity index (χ1n) is 11.5. The van der Waals surface area contributed by atoms with Gasteiger partial charge >= 0.3 is 0 Å². The van der Waals surface area contributed by atoms with Crippen LogP contribution in [0.25, 0.3) is 0 Å². The molecule has 1 saturated heterocycles. The molecule has 3 rings (SSSR count). The normalized spacial score (nSPS) is 14.9. The summed E-state index contributed by atoms with van der Waals surface area (Å²) < 4.78 is 0. The number of amides is 2. The molecule has 0 radical (unpaired) electrons. The highest BCUT2D eigenvalue weighted by molar-refractivity contribution is 5.94. The van der Waals surface area contributed by atoms with E-state index in [0.29, 0.717) is 43.7 Å². The summed E-state index contributed by atoms with van der Waals surface area (Å²) in [6.07, 6.45) is 3.70. The van der Waals surface area contributed by atoms with E-state index in [9.17, 15) is 14.7 Å². The quantitative estimate of drug-likeness (QED) is 0.376. The summed E-state index contributed by atoms with van der Waals surface area (Å²) in [5, 5.41) is 14.2. The Morgan fingerprint density at radius 1 is 1.09 bits per heavy atom. The second-order valence-corrected chi connectivity index (χ2v) is 9.54. The van der Waals surface area contributed by atoms with Crippen molar-refractivity contribution in [3.8, 4) is 5.75 Å². The van der Waals surface area contributed by atoms with Gasteiger partial charge in [0.05, 0.1) is 12.8 Å². The second kappa shape index (κ2) is 11.1. The predicted molar refractivity (Wildman–Crippen MR) is 135 cm³/mol. The number of nitrogens with one attached hydrogen (secondary N) is 1. The van der Waals surface area contributed by atoms with Gasteiger partial charge in [-0.3, -0.25) is 14.5 Å². The largest absolute Gasteiger partial charge is 0.507 e. The van der Waals surface area contributed by atoms with Crippen molar-refractivity contribution in [3.63, 3.8) is 0 Å². The number of rotatable bonds is 7. The van der Waals surface area contributed by atoms with E-state index in [-0.39, 0.29) is 29.5 Å². The lowest BCUT2D eigenvalue weighted by Gasteiger charge is -2.34. The fourth-order valence-corrected chi connectivity index (χ4v) is 3.85. The number of piperazine rings is 1. The molecule has 7 heteroatoms. The third kappa shape index (κ3) is 6.54. The van der Waals surface area contributed by atoms with Crippen LogP contribution in [-0.2, 0) is 16.6 Å². The Kier molecular flexibility index (Phi) is 8.23. The lowest BCUT2D eigenvalue weighted by atomic mass is 9.86. The van der Waals surface area contributed by atoms with Crippen molar-refractivity contribution < 1.29 is 14.7 Å². The first-order chi connectivity index (χ1) is 16.2. The van der Waals surface area contributed by atoms with E-state index >= 15 is 0 Å². The van der Waals surface area contributed by atoms with Gasteiger partial charge < -0.3 is 10.0 Å². The zero-order valence-electron chi connectivity index (χ0n) is 20.3. The Labute approximate surface area is 201 Å². The molecule has 0 unspecified atom stereocenters. The fourth-order valence-electron chi connectivity index (χ4n) is 3.85. The van der Waals surface area contributed by atoms with Gasteiger partial charge in [0.25, 0.3) is 11.8 Å². The fraction of sp³-hybridized carbons (Fsp3) is 0.370. The zero-order chi connectivity index (χ0) is 24.7. The molecule has 0 aromatic heterocycles. The Bertz CT molecular complexity index is 1050. The van der Waals surface area contributed by atoms with Gasteiger partial charge in [-0.05, 0) is 41.2 Å². The average Bonchev–Trinajstić information content (AvgIpc) is 2.81. The van der Waals surface area contributed by atoms with Gasteiger partial charge in [0.1, 0.15) is 5.75 Å². The van der Waals surface area contributed by atoms with E-state index in [4.69, 9.17) is 0 Å². The van der Waals surface area contributed by atoms with Crippen molar-refractivity contribution in [2.24, 2.45) is 5.10 Å². The third-order valence-corrected chi connectivity index (χ3v) is 5.93. The second-order valence-electron chi connectivity index (χ2n) is 9.54. The smallest absolute Gasteiger partial charge is 0.254 e. The molecular formula is C27H34N4O3. The molecule has 2 aromatic carbocycles. The molecule has 0 spiro atoms. The predicted octanol–water partition coefficient (Wildman–Crippen LogP) is 3.33. The molecule has 2 aromatic rings. The maximum Gasteiger partial charge on any atom is 0.254 e. The van der Waals surface area contributed by atoms with Gasteiger partial charge in [-0.25, -0.2) is 5.43 Å². The third-order valence-electron chi connectivity index (χ3n) is 5.93. The molecule has 0 saturated carbocycles. The Hall–Kier alpha value is -3.45. The Balaban J connectivity index is 1.46. The van der Waals surface area contributed by atoms with E-state index < -0.39 is 0 Å². The van der Waals surface area contributed by atoms with E-state index in [2.05, 4.69) is 37.9 Å².